The molecule has 1 N–H and O–H groups in total. The zero-order valence-electron chi connectivity index (χ0n) is 13.9. The smallest absolute Gasteiger partial charge is 0.240 e. The molecule has 0 aromatic heterocycles. The van der Waals surface area contributed by atoms with Gasteiger partial charge in [0.25, 0.3) is 0 Å². The van der Waals surface area contributed by atoms with Gasteiger partial charge in [-0.15, -0.1) is 0 Å². The maximum atomic E-state index is 13.3. The fourth-order valence-corrected chi connectivity index (χ4v) is 3.42. The first-order valence-electron chi connectivity index (χ1n) is 7.39. The van der Waals surface area contributed by atoms with Gasteiger partial charge in [0.2, 0.25) is 10.0 Å². The first kappa shape index (κ1) is 18.4. The Hall–Kier alpha value is -1.96. The third-order valence-electron chi connectivity index (χ3n) is 3.68. The summed E-state index contributed by atoms with van der Waals surface area (Å²) in [6.45, 7) is 0.152. The number of ether oxygens (including phenoxy) is 1. The van der Waals surface area contributed by atoms with E-state index in [-0.39, 0.29) is 17.5 Å². The monoisotopic (exact) mass is 352 g/mol. The van der Waals surface area contributed by atoms with E-state index in [2.05, 4.69) is 4.72 Å². The minimum absolute atomic E-state index is 0.0920. The van der Waals surface area contributed by atoms with E-state index in [1.807, 2.05) is 43.3 Å². The Morgan fingerprint density at radius 1 is 1.17 bits per heavy atom. The van der Waals surface area contributed by atoms with E-state index < -0.39 is 15.8 Å². The van der Waals surface area contributed by atoms with Gasteiger partial charge in [0.1, 0.15) is 11.6 Å². The van der Waals surface area contributed by atoms with Crippen molar-refractivity contribution in [2.24, 2.45) is 0 Å². The topological polar surface area (TPSA) is 58.6 Å². The van der Waals surface area contributed by atoms with E-state index in [1.54, 1.807) is 7.11 Å². The highest BCUT2D eigenvalue weighted by atomic mass is 32.2. The summed E-state index contributed by atoms with van der Waals surface area (Å²) >= 11 is 0. The predicted octanol–water partition coefficient (Wildman–Crippen LogP) is 2.42. The maximum Gasteiger partial charge on any atom is 0.240 e. The van der Waals surface area contributed by atoms with Crippen molar-refractivity contribution < 1.29 is 17.5 Å². The third-order valence-corrected chi connectivity index (χ3v) is 5.10. The van der Waals surface area contributed by atoms with Crippen molar-refractivity contribution >= 4 is 10.0 Å². The van der Waals surface area contributed by atoms with Crippen molar-refractivity contribution in [2.75, 3.05) is 27.7 Å². The molecule has 0 unspecified atom stereocenters. The molecule has 0 saturated heterocycles. The number of benzene rings is 2. The van der Waals surface area contributed by atoms with Crippen LogP contribution in [-0.4, -0.2) is 41.1 Å². The van der Waals surface area contributed by atoms with Crippen LogP contribution in [0.4, 0.5) is 4.39 Å². The minimum atomic E-state index is -3.78. The number of nitrogens with one attached hydrogen (secondary N) is 1. The van der Waals surface area contributed by atoms with Crippen molar-refractivity contribution in [1.82, 2.24) is 9.62 Å². The quantitative estimate of drug-likeness (QED) is 0.831. The molecule has 0 amide bonds. The van der Waals surface area contributed by atoms with Crippen LogP contribution in [0.2, 0.25) is 0 Å². The lowest BCUT2D eigenvalue weighted by atomic mass is 10.1. The van der Waals surface area contributed by atoms with E-state index in [0.717, 1.165) is 11.6 Å². The highest BCUT2D eigenvalue weighted by molar-refractivity contribution is 7.89. The maximum absolute atomic E-state index is 13.3. The zero-order chi connectivity index (χ0) is 17.7. The molecule has 24 heavy (non-hydrogen) atoms. The lowest BCUT2D eigenvalue weighted by Gasteiger charge is -2.25. The molecule has 0 spiro atoms. The molecule has 2 aromatic rings. The van der Waals surface area contributed by atoms with Crippen LogP contribution in [0.25, 0.3) is 0 Å². The van der Waals surface area contributed by atoms with Gasteiger partial charge in [0, 0.05) is 12.6 Å². The number of hydrogen-bond acceptors (Lipinski definition) is 4. The van der Waals surface area contributed by atoms with Gasteiger partial charge in [0.05, 0.1) is 12.0 Å². The Kier molecular flexibility index (Phi) is 5.93. The largest absolute Gasteiger partial charge is 0.497 e. The summed E-state index contributed by atoms with van der Waals surface area (Å²) in [5.41, 5.74) is 0.918. The van der Waals surface area contributed by atoms with E-state index >= 15 is 0 Å². The Labute approximate surface area is 142 Å². The van der Waals surface area contributed by atoms with E-state index in [9.17, 15) is 12.8 Å². The molecule has 0 aliphatic rings. The number of halogens is 1. The van der Waals surface area contributed by atoms with Crippen molar-refractivity contribution in [3.8, 4) is 5.75 Å². The molecule has 0 aliphatic carbocycles. The summed E-state index contributed by atoms with van der Waals surface area (Å²) in [5.74, 6) is 0.113. The number of rotatable bonds is 7. The third kappa shape index (κ3) is 4.53. The molecule has 0 radical (unpaired) electrons. The summed E-state index contributed by atoms with van der Waals surface area (Å²) in [4.78, 5) is 1.81. The summed E-state index contributed by atoms with van der Waals surface area (Å²) < 4.78 is 45.7. The van der Waals surface area contributed by atoms with Crippen LogP contribution in [0.3, 0.4) is 0 Å². The molecule has 7 heteroatoms. The molecule has 0 heterocycles. The Morgan fingerprint density at radius 3 is 2.50 bits per heavy atom. The SMILES string of the molecule is COc1cccc([C@@H](CNS(=O)(=O)c2cccc(F)c2)N(C)C)c1. The molecule has 0 aliphatic heterocycles. The van der Waals surface area contributed by atoms with E-state index in [1.165, 1.54) is 18.2 Å². The lowest BCUT2D eigenvalue weighted by molar-refractivity contribution is 0.298. The Morgan fingerprint density at radius 2 is 1.88 bits per heavy atom. The summed E-state index contributed by atoms with van der Waals surface area (Å²) in [5, 5.41) is 0. The number of methoxy groups -OCH3 is 1. The lowest BCUT2D eigenvalue weighted by Crippen LogP contribution is -2.34. The van der Waals surface area contributed by atoms with Crippen LogP contribution in [0.1, 0.15) is 11.6 Å². The molecule has 0 saturated carbocycles. The fourth-order valence-electron chi connectivity index (χ4n) is 2.35. The number of likely N-dealkylation sites (N-methyl/N-ethyl adjacent to an activating group) is 1. The Bertz CT molecular complexity index is 794. The summed E-state index contributed by atoms with van der Waals surface area (Å²) in [6.07, 6.45) is 0. The molecule has 1 atom stereocenters. The van der Waals surface area contributed by atoms with E-state index in [0.29, 0.717) is 5.75 Å². The van der Waals surface area contributed by atoms with Gasteiger partial charge in [-0.3, -0.25) is 0 Å². The van der Waals surface area contributed by atoms with Gasteiger partial charge in [0.15, 0.2) is 0 Å². The second-order valence-corrected chi connectivity index (χ2v) is 7.33. The minimum Gasteiger partial charge on any atom is -0.497 e. The van der Waals surface area contributed by atoms with Gasteiger partial charge in [-0.2, -0.15) is 0 Å². The van der Waals surface area contributed by atoms with Crippen LogP contribution in [-0.2, 0) is 10.0 Å². The highest BCUT2D eigenvalue weighted by Crippen LogP contribution is 2.22. The summed E-state index contributed by atoms with van der Waals surface area (Å²) in [7, 11) is 1.52. The molecule has 2 aromatic carbocycles. The van der Waals surface area contributed by atoms with Crippen molar-refractivity contribution in [1.29, 1.82) is 0 Å². The standard InChI is InChI=1S/C17H21FN2O3S/c1-20(2)17(13-6-4-8-15(10-13)23-3)12-19-24(21,22)16-9-5-7-14(18)11-16/h4-11,17,19H,12H2,1-3H3/t17-/m1/s1. The molecule has 5 nitrogen and oxygen atoms in total. The first-order valence-corrected chi connectivity index (χ1v) is 8.87. The second-order valence-electron chi connectivity index (χ2n) is 5.57. The predicted molar refractivity (Wildman–Crippen MR) is 91.0 cm³/mol. The fraction of sp³-hybridized carbons (Fsp3) is 0.294. The molecule has 0 fully saturated rings. The normalized spacial score (nSPS) is 13.0. The number of sulfonamides is 1. The first-order chi connectivity index (χ1) is 11.3. The average molecular weight is 352 g/mol. The Balaban J connectivity index is 2.19. The number of hydrogen-bond donors (Lipinski definition) is 1. The van der Waals surface area contributed by atoms with Crippen molar-refractivity contribution in [3.63, 3.8) is 0 Å². The molecule has 130 valence electrons. The van der Waals surface area contributed by atoms with Gasteiger partial charge in [-0.05, 0) is 50.0 Å². The molecular formula is C17H21FN2O3S. The molecular weight excluding hydrogens is 331 g/mol. The van der Waals surface area contributed by atoms with Crippen LogP contribution >= 0.6 is 0 Å². The van der Waals surface area contributed by atoms with E-state index in [4.69, 9.17) is 4.74 Å². The average Bonchev–Trinajstić information content (AvgIpc) is 2.55. The number of nitrogens with zero attached hydrogens (tertiary/aromatic N) is 1. The molecule has 0 bridgehead atoms. The van der Waals surface area contributed by atoms with Crippen LogP contribution in [0.5, 0.6) is 5.75 Å². The van der Waals surface area contributed by atoms with Crippen LogP contribution in [0, 0.1) is 5.82 Å². The van der Waals surface area contributed by atoms with Gasteiger partial charge in [-0.1, -0.05) is 18.2 Å². The van der Waals surface area contributed by atoms with Crippen LogP contribution in [0.15, 0.2) is 53.4 Å². The van der Waals surface area contributed by atoms with Gasteiger partial charge >= 0.3 is 0 Å². The van der Waals surface area contributed by atoms with Gasteiger partial charge < -0.3 is 9.64 Å². The molecule has 2 rings (SSSR count). The second kappa shape index (κ2) is 7.74. The highest BCUT2D eigenvalue weighted by Gasteiger charge is 2.20. The van der Waals surface area contributed by atoms with Gasteiger partial charge in [-0.25, -0.2) is 17.5 Å². The zero-order valence-corrected chi connectivity index (χ0v) is 14.7. The summed E-state index contributed by atoms with van der Waals surface area (Å²) in [6, 6.07) is 12.2. The van der Waals surface area contributed by atoms with Crippen molar-refractivity contribution in [2.45, 2.75) is 10.9 Å². The van der Waals surface area contributed by atoms with Crippen LogP contribution < -0.4 is 9.46 Å². The van der Waals surface area contributed by atoms with Crippen molar-refractivity contribution in [3.05, 3.63) is 59.9 Å².